The van der Waals surface area contributed by atoms with Crippen molar-refractivity contribution in [3.8, 4) is 11.5 Å². The van der Waals surface area contributed by atoms with Crippen LogP contribution in [0.4, 0.5) is 5.82 Å². The van der Waals surface area contributed by atoms with E-state index in [-0.39, 0.29) is 11.8 Å². The van der Waals surface area contributed by atoms with E-state index in [2.05, 4.69) is 14.9 Å². The predicted molar refractivity (Wildman–Crippen MR) is 107 cm³/mol. The first kappa shape index (κ1) is 19.7. The maximum Gasteiger partial charge on any atom is 0.213 e. The second kappa shape index (κ2) is 7.90. The van der Waals surface area contributed by atoms with Gasteiger partial charge in [-0.15, -0.1) is 0 Å². The predicted octanol–water partition coefficient (Wildman–Crippen LogP) is 2.41. The van der Waals surface area contributed by atoms with Crippen LogP contribution in [-0.4, -0.2) is 59.6 Å². The number of piperidine rings is 1. The third-order valence-electron chi connectivity index (χ3n) is 5.34. The number of nitrogens with zero attached hydrogens (tertiary/aromatic N) is 5. The largest absolute Gasteiger partial charge is 0.356 e. The molecule has 3 rings (SSSR count). The summed E-state index contributed by atoms with van der Waals surface area (Å²) in [5, 5.41) is 0. The highest BCUT2D eigenvalue weighted by molar-refractivity contribution is 7.89. The maximum atomic E-state index is 12.1. The van der Waals surface area contributed by atoms with Gasteiger partial charge in [0.05, 0.1) is 5.75 Å². The fourth-order valence-electron chi connectivity index (χ4n) is 3.40. The number of aryl methyl sites for hydroxylation is 1. The standard InChI is InChI=1S/C19H27N5O2S/c1-5-27(25,26)23(4)16-9-12-24(13-10-16)19-14(2)15(3)21-18(22-19)17-8-6-7-11-20-17/h6-8,11,16H,5,9-10,12-13H2,1-4H3. The fourth-order valence-corrected chi connectivity index (χ4v) is 4.48. The Morgan fingerprint density at radius 3 is 2.48 bits per heavy atom. The van der Waals surface area contributed by atoms with E-state index in [9.17, 15) is 8.42 Å². The summed E-state index contributed by atoms with van der Waals surface area (Å²) in [7, 11) is -1.46. The van der Waals surface area contributed by atoms with Crippen LogP contribution in [0.15, 0.2) is 24.4 Å². The van der Waals surface area contributed by atoms with Crippen LogP contribution in [0.25, 0.3) is 11.5 Å². The molecule has 146 valence electrons. The lowest BCUT2D eigenvalue weighted by molar-refractivity contribution is 0.312. The molecule has 0 unspecified atom stereocenters. The Labute approximate surface area is 161 Å². The summed E-state index contributed by atoms with van der Waals surface area (Å²) in [6.07, 6.45) is 3.32. The third kappa shape index (κ3) is 4.11. The van der Waals surface area contributed by atoms with Crippen LogP contribution in [0.5, 0.6) is 0 Å². The zero-order valence-electron chi connectivity index (χ0n) is 16.4. The summed E-state index contributed by atoms with van der Waals surface area (Å²) in [6, 6.07) is 5.75. The number of hydrogen-bond donors (Lipinski definition) is 0. The van der Waals surface area contributed by atoms with Gasteiger partial charge in [0, 0.05) is 43.6 Å². The van der Waals surface area contributed by atoms with Crippen molar-refractivity contribution >= 4 is 15.8 Å². The smallest absolute Gasteiger partial charge is 0.213 e. The Balaban J connectivity index is 1.81. The van der Waals surface area contributed by atoms with Gasteiger partial charge in [-0.25, -0.2) is 22.7 Å². The number of sulfonamides is 1. The minimum atomic E-state index is -3.16. The molecule has 2 aromatic heterocycles. The lowest BCUT2D eigenvalue weighted by Gasteiger charge is -2.37. The average molecular weight is 390 g/mol. The highest BCUT2D eigenvalue weighted by Gasteiger charge is 2.30. The molecule has 3 heterocycles. The van der Waals surface area contributed by atoms with Crippen molar-refractivity contribution in [1.29, 1.82) is 0 Å². The van der Waals surface area contributed by atoms with Gasteiger partial charge in [-0.3, -0.25) is 4.98 Å². The molecule has 1 saturated heterocycles. The molecule has 0 saturated carbocycles. The van der Waals surface area contributed by atoms with E-state index < -0.39 is 10.0 Å². The Morgan fingerprint density at radius 2 is 1.89 bits per heavy atom. The highest BCUT2D eigenvalue weighted by Crippen LogP contribution is 2.27. The minimum absolute atomic E-state index is 0.0460. The van der Waals surface area contributed by atoms with Crippen LogP contribution in [0, 0.1) is 13.8 Å². The van der Waals surface area contributed by atoms with E-state index in [1.807, 2.05) is 32.0 Å². The van der Waals surface area contributed by atoms with Crippen molar-refractivity contribution in [2.75, 3.05) is 30.8 Å². The van der Waals surface area contributed by atoms with Crippen LogP contribution in [0.2, 0.25) is 0 Å². The summed E-state index contributed by atoms with van der Waals surface area (Å²) in [5.74, 6) is 1.69. The second-order valence-corrected chi connectivity index (χ2v) is 9.25. The van der Waals surface area contributed by atoms with Crippen LogP contribution in [0.3, 0.4) is 0 Å². The van der Waals surface area contributed by atoms with E-state index in [1.54, 1.807) is 24.5 Å². The van der Waals surface area contributed by atoms with E-state index >= 15 is 0 Å². The van der Waals surface area contributed by atoms with E-state index in [0.717, 1.165) is 48.7 Å². The molecule has 0 amide bonds. The lowest BCUT2D eigenvalue weighted by atomic mass is 10.0. The molecule has 1 fully saturated rings. The van der Waals surface area contributed by atoms with Gasteiger partial charge in [-0.1, -0.05) is 6.07 Å². The van der Waals surface area contributed by atoms with Crippen molar-refractivity contribution in [3.05, 3.63) is 35.7 Å². The van der Waals surface area contributed by atoms with Crippen LogP contribution in [0.1, 0.15) is 31.0 Å². The molecule has 0 bridgehead atoms. The topological polar surface area (TPSA) is 79.3 Å². The van der Waals surface area contributed by atoms with Crippen molar-refractivity contribution in [3.63, 3.8) is 0 Å². The summed E-state index contributed by atoms with van der Waals surface area (Å²) in [4.78, 5) is 16.0. The van der Waals surface area contributed by atoms with Gasteiger partial charge >= 0.3 is 0 Å². The van der Waals surface area contributed by atoms with E-state index in [0.29, 0.717) is 5.82 Å². The molecule has 0 N–H and O–H groups in total. The lowest BCUT2D eigenvalue weighted by Crippen LogP contribution is -2.46. The summed E-state index contributed by atoms with van der Waals surface area (Å²) in [6.45, 7) is 7.25. The van der Waals surface area contributed by atoms with Crippen molar-refractivity contribution in [2.45, 2.75) is 39.7 Å². The molecule has 1 aliphatic heterocycles. The number of aromatic nitrogens is 3. The first-order valence-electron chi connectivity index (χ1n) is 9.30. The highest BCUT2D eigenvalue weighted by atomic mass is 32.2. The van der Waals surface area contributed by atoms with Crippen molar-refractivity contribution in [2.24, 2.45) is 0 Å². The van der Waals surface area contributed by atoms with E-state index in [1.165, 1.54) is 0 Å². The van der Waals surface area contributed by atoms with Crippen molar-refractivity contribution < 1.29 is 8.42 Å². The molecular weight excluding hydrogens is 362 g/mol. The quantitative estimate of drug-likeness (QED) is 0.781. The molecule has 0 aromatic carbocycles. The van der Waals surface area contributed by atoms with Crippen molar-refractivity contribution in [1.82, 2.24) is 19.3 Å². The number of hydrogen-bond acceptors (Lipinski definition) is 6. The summed E-state index contributed by atoms with van der Waals surface area (Å²) < 4.78 is 25.8. The Kier molecular flexibility index (Phi) is 5.76. The van der Waals surface area contributed by atoms with Gasteiger partial charge in [0.25, 0.3) is 0 Å². The molecule has 2 aromatic rings. The molecule has 0 spiro atoms. The molecular formula is C19H27N5O2S. The molecule has 0 radical (unpaired) electrons. The van der Waals surface area contributed by atoms with Gasteiger partial charge in [-0.2, -0.15) is 0 Å². The zero-order chi connectivity index (χ0) is 19.6. The molecule has 27 heavy (non-hydrogen) atoms. The van der Waals surface area contributed by atoms with Gasteiger partial charge in [-0.05, 0) is 45.7 Å². The van der Waals surface area contributed by atoms with E-state index in [4.69, 9.17) is 4.98 Å². The van der Waals surface area contributed by atoms with Crippen LogP contribution < -0.4 is 4.90 Å². The molecule has 1 aliphatic rings. The van der Waals surface area contributed by atoms with Gasteiger partial charge < -0.3 is 4.90 Å². The second-order valence-electron chi connectivity index (χ2n) is 6.93. The number of rotatable bonds is 5. The number of anilines is 1. The zero-order valence-corrected chi connectivity index (χ0v) is 17.2. The average Bonchev–Trinajstić information content (AvgIpc) is 2.70. The fraction of sp³-hybridized carbons (Fsp3) is 0.526. The normalized spacial score (nSPS) is 16.1. The Hall–Kier alpha value is -2.06. The monoisotopic (exact) mass is 389 g/mol. The maximum absolute atomic E-state index is 12.1. The first-order chi connectivity index (χ1) is 12.8. The van der Waals surface area contributed by atoms with Gasteiger partial charge in [0.15, 0.2) is 5.82 Å². The SMILES string of the molecule is CCS(=O)(=O)N(C)C1CCN(c2nc(-c3ccccn3)nc(C)c2C)CC1. The van der Waals surface area contributed by atoms with Crippen LogP contribution in [-0.2, 0) is 10.0 Å². The molecule has 8 heteroatoms. The minimum Gasteiger partial charge on any atom is -0.356 e. The third-order valence-corrected chi connectivity index (χ3v) is 7.24. The Bertz CT molecular complexity index is 894. The molecule has 7 nitrogen and oxygen atoms in total. The molecule has 0 aliphatic carbocycles. The summed E-state index contributed by atoms with van der Waals surface area (Å²) in [5.41, 5.74) is 2.75. The van der Waals surface area contributed by atoms with Gasteiger partial charge in [0.2, 0.25) is 10.0 Å². The van der Waals surface area contributed by atoms with Crippen LogP contribution >= 0.6 is 0 Å². The molecule has 0 atom stereocenters. The Morgan fingerprint density at radius 1 is 1.19 bits per heavy atom. The number of pyridine rings is 1. The summed E-state index contributed by atoms with van der Waals surface area (Å²) >= 11 is 0. The van der Waals surface area contributed by atoms with Gasteiger partial charge in [0.1, 0.15) is 11.5 Å². The first-order valence-corrected chi connectivity index (χ1v) is 10.9.